The summed E-state index contributed by atoms with van der Waals surface area (Å²) in [5.74, 6) is 0. The maximum absolute atomic E-state index is 11.6. The minimum Gasteiger partial charge on any atom is -0.334 e. The quantitative estimate of drug-likeness (QED) is 0.496. The van der Waals surface area contributed by atoms with Crippen LogP contribution in [-0.2, 0) is 13.0 Å². The molecule has 0 aliphatic heterocycles. The summed E-state index contributed by atoms with van der Waals surface area (Å²) in [5, 5.41) is 2.03. The second-order valence-corrected chi connectivity index (χ2v) is 5.80. The van der Waals surface area contributed by atoms with Gasteiger partial charge in [-0.1, -0.05) is 64.5 Å². The van der Waals surface area contributed by atoms with Crippen molar-refractivity contribution in [1.82, 2.24) is 4.57 Å². The highest BCUT2D eigenvalue weighted by molar-refractivity contribution is 9.09. The zero-order valence-corrected chi connectivity index (χ0v) is 13.2. The van der Waals surface area contributed by atoms with Crippen LogP contribution in [0.25, 0.3) is 10.9 Å². The Kier molecular flexibility index (Phi) is 4.20. The number of carbonyl (C=O) groups is 1. The van der Waals surface area contributed by atoms with Gasteiger partial charge in [-0.3, -0.25) is 4.79 Å². The Bertz CT molecular complexity index is 761. The van der Waals surface area contributed by atoms with Crippen molar-refractivity contribution in [3.05, 3.63) is 71.4 Å². The number of alkyl halides is 1. The molecule has 106 valence electrons. The van der Waals surface area contributed by atoms with Crippen LogP contribution in [0.4, 0.5) is 0 Å². The lowest BCUT2D eigenvalue weighted by Crippen LogP contribution is -2.05. The number of para-hydroxylation sites is 1. The zero-order chi connectivity index (χ0) is 14.7. The first kappa shape index (κ1) is 14.1. The maximum Gasteiger partial charge on any atom is 0.166 e. The van der Waals surface area contributed by atoms with Crippen molar-refractivity contribution in [2.24, 2.45) is 0 Å². The largest absolute Gasteiger partial charge is 0.334 e. The van der Waals surface area contributed by atoms with E-state index in [1.165, 1.54) is 10.9 Å². The first-order valence-electron chi connectivity index (χ1n) is 7.00. The van der Waals surface area contributed by atoms with Crippen LogP contribution in [0.1, 0.15) is 21.6 Å². The van der Waals surface area contributed by atoms with E-state index in [1.807, 2.05) is 30.3 Å². The normalized spacial score (nSPS) is 10.9. The van der Waals surface area contributed by atoms with E-state index in [1.54, 1.807) is 0 Å². The van der Waals surface area contributed by atoms with Crippen molar-refractivity contribution in [3.63, 3.8) is 0 Å². The molecule has 0 saturated heterocycles. The maximum atomic E-state index is 11.6. The minimum absolute atomic E-state index is 0.720. The van der Waals surface area contributed by atoms with E-state index in [0.29, 0.717) is 0 Å². The second kappa shape index (κ2) is 6.27. The Labute approximate surface area is 132 Å². The van der Waals surface area contributed by atoms with Gasteiger partial charge in [0, 0.05) is 22.8 Å². The lowest BCUT2D eigenvalue weighted by Gasteiger charge is -2.08. The van der Waals surface area contributed by atoms with Crippen molar-refractivity contribution < 1.29 is 4.79 Å². The number of nitrogens with zero attached hydrogens (tertiary/aromatic N) is 1. The number of aryl methyl sites for hydroxylation is 1. The third kappa shape index (κ3) is 2.66. The summed E-state index contributed by atoms with van der Waals surface area (Å²) in [6.45, 7) is 0.720. The van der Waals surface area contributed by atoms with Crippen LogP contribution in [0.2, 0.25) is 0 Å². The van der Waals surface area contributed by atoms with Crippen LogP contribution in [0.15, 0.2) is 54.6 Å². The van der Waals surface area contributed by atoms with Crippen LogP contribution in [0.3, 0.4) is 0 Å². The standard InChI is InChI=1S/C18H16BrNO/c19-11-10-16-15-8-4-5-9-17(15)20(18(16)13-21)12-14-6-2-1-3-7-14/h1-9,13H,10-12H2. The minimum atomic E-state index is 0.720. The molecule has 0 aliphatic rings. The third-order valence-electron chi connectivity index (χ3n) is 3.76. The van der Waals surface area contributed by atoms with Crippen molar-refractivity contribution in [2.75, 3.05) is 5.33 Å². The Morgan fingerprint density at radius 1 is 1.00 bits per heavy atom. The summed E-state index contributed by atoms with van der Waals surface area (Å²) in [6.07, 6.45) is 1.84. The molecule has 0 amide bonds. The van der Waals surface area contributed by atoms with E-state index in [2.05, 4.69) is 44.8 Å². The fraction of sp³-hybridized carbons (Fsp3) is 0.167. The summed E-state index contributed by atoms with van der Waals surface area (Å²) in [6, 6.07) is 18.5. The highest BCUT2D eigenvalue weighted by atomic mass is 79.9. The molecule has 0 atom stereocenters. The predicted molar refractivity (Wildman–Crippen MR) is 90.4 cm³/mol. The van der Waals surface area contributed by atoms with Gasteiger partial charge in [0.2, 0.25) is 0 Å². The lowest BCUT2D eigenvalue weighted by atomic mass is 10.1. The molecule has 0 unspecified atom stereocenters. The summed E-state index contributed by atoms with van der Waals surface area (Å²) < 4.78 is 2.12. The van der Waals surface area contributed by atoms with Gasteiger partial charge in [-0.25, -0.2) is 0 Å². The zero-order valence-electron chi connectivity index (χ0n) is 11.6. The van der Waals surface area contributed by atoms with Crippen LogP contribution in [-0.4, -0.2) is 16.2 Å². The number of aromatic nitrogens is 1. The monoisotopic (exact) mass is 341 g/mol. The number of benzene rings is 2. The van der Waals surface area contributed by atoms with Crippen molar-refractivity contribution in [3.8, 4) is 0 Å². The molecule has 0 spiro atoms. The van der Waals surface area contributed by atoms with Crippen LogP contribution in [0.5, 0.6) is 0 Å². The van der Waals surface area contributed by atoms with E-state index < -0.39 is 0 Å². The van der Waals surface area contributed by atoms with Crippen molar-refractivity contribution >= 4 is 33.1 Å². The average molecular weight is 342 g/mol. The summed E-state index contributed by atoms with van der Waals surface area (Å²) in [5.41, 5.74) is 4.25. The predicted octanol–water partition coefficient (Wildman–Crippen LogP) is 4.44. The summed E-state index contributed by atoms with van der Waals surface area (Å²) in [4.78, 5) is 11.6. The Morgan fingerprint density at radius 3 is 2.43 bits per heavy atom. The van der Waals surface area contributed by atoms with Crippen molar-refractivity contribution in [2.45, 2.75) is 13.0 Å². The average Bonchev–Trinajstić information content (AvgIpc) is 2.82. The highest BCUT2D eigenvalue weighted by Gasteiger charge is 2.15. The molecule has 0 N–H and O–H groups in total. The van der Waals surface area contributed by atoms with Gasteiger partial charge in [-0.05, 0) is 23.6 Å². The number of hydrogen-bond donors (Lipinski definition) is 0. The molecule has 3 rings (SSSR count). The Morgan fingerprint density at radius 2 is 1.71 bits per heavy atom. The molecule has 0 aliphatic carbocycles. The fourth-order valence-corrected chi connectivity index (χ4v) is 3.22. The first-order valence-corrected chi connectivity index (χ1v) is 8.12. The third-order valence-corrected chi connectivity index (χ3v) is 4.16. The molecule has 0 bridgehead atoms. The van der Waals surface area contributed by atoms with Gasteiger partial charge in [0.05, 0.1) is 5.69 Å². The molecular weight excluding hydrogens is 326 g/mol. The van der Waals surface area contributed by atoms with Crippen LogP contribution >= 0.6 is 15.9 Å². The molecular formula is C18H16BrNO. The topological polar surface area (TPSA) is 22.0 Å². The smallest absolute Gasteiger partial charge is 0.166 e. The molecule has 0 fully saturated rings. The molecule has 2 nitrogen and oxygen atoms in total. The number of rotatable bonds is 5. The van der Waals surface area contributed by atoms with E-state index in [0.717, 1.165) is 41.4 Å². The molecule has 1 aromatic heterocycles. The molecule has 3 aromatic rings. The van der Waals surface area contributed by atoms with Gasteiger partial charge in [0.1, 0.15) is 0 Å². The number of halogens is 1. The summed E-state index contributed by atoms with van der Waals surface area (Å²) >= 11 is 3.49. The van der Waals surface area contributed by atoms with Gasteiger partial charge in [-0.15, -0.1) is 0 Å². The van der Waals surface area contributed by atoms with Gasteiger partial charge >= 0.3 is 0 Å². The number of carbonyl (C=O) groups excluding carboxylic acids is 1. The Hall–Kier alpha value is -1.87. The highest BCUT2D eigenvalue weighted by Crippen LogP contribution is 2.27. The van der Waals surface area contributed by atoms with Crippen molar-refractivity contribution in [1.29, 1.82) is 0 Å². The SMILES string of the molecule is O=Cc1c(CCBr)c2ccccc2n1Cc1ccccc1. The Balaban J connectivity index is 2.18. The number of aldehydes is 1. The van der Waals surface area contributed by atoms with E-state index >= 15 is 0 Å². The van der Waals surface area contributed by atoms with E-state index in [-0.39, 0.29) is 0 Å². The van der Waals surface area contributed by atoms with Gasteiger partial charge < -0.3 is 4.57 Å². The number of hydrogen-bond acceptors (Lipinski definition) is 1. The van der Waals surface area contributed by atoms with Gasteiger partial charge in [0.15, 0.2) is 6.29 Å². The van der Waals surface area contributed by atoms with Crippen LogP contribution < -0.4 is 0 Å². The fourth-order valence-electron chi connectivity index (χ4n) is 2.82. The van der Waals surface area contributed by atoms with Gasteiger partial charge in [-0.2, -0.15) is 0 Å². The first-order chi connectivity index (χ1) is 10.3. The van der Waals surface area contributed by atoms with Crippen LogP contribution in [0, 0.1) is 0 Å². The molecule has 21 heavy (non-hydrogen) atoms. The lowest BCUT2D eigenvalue weighted by molar-refractivity contribution is 0.111. The summed E-state index contributed by atoms with van der Waals surface area (Å²) in [7, 11) is 0. The second-order valence-electron chi connectivity index (χ2n) is 5.01. The molecule has 2 aromatic carbocycles. The molecule has 3 heteroatoms. The number of fused-ring (bicyclic) bond motifs is 1. The molecule has 0 saturated carbocycles. The van der Waals surface area contributed by atoms with E-state index in [4.69, 9.17) is 0 Å². The molecule has 1 heterocycles. The van der Waals surface area contributed by atoms with E-state index in [9.17, 15) is 4.79 Å². The molecule has 0 radical (unpaired) electrons. The van der Waals surface area contributed by atoms with Gasteiger partial charge in [0.25, 0.3) is 0 Å².